The first-order chi connectivity index (χ1) is 8.58. The van der Waals surface area contributed by atoms with Gasteiger partial charge in [0.05, 0.1) is 24.2 Å². The molecule has 1 heterocycles. The Bertz CT molecular complexity index is 584. The van der Waals surface area contributed by atoms with Gasteiger partial charge in [-0.3, -0.25) is 0 Å². The fraction of sp³-hybridized carbons (Fsp3) is 0.250. The number of benzene rings is 1. The number of nitrogens with two attached hydrogens (primary N) is 1. The first-order valence-corrected chi connectivity index (χ1v) is 6.41. The highest BCUT2D eigenvalue weighted by Gasteiger charge is 2.18. The maximum Gasteiger partial charge on any atom is 0.180 e. The van der Waals surface area contributed by atoms with Crippen molar-refractivity contribution in [1.82, 2.24) is 4.98 Å². The molecule has 0 aliphatic heterocycles. The fourth-order valence-corrected chi connectivity index (χ4v) is 2.74. The summed E-state index contributed by atoms with van der Waals surface area (Å²) in [5.74, 6) is 1.07. The molecular formula is C12H13ClN2O2S. The summed E-state index contributed by atoms with van der Waals surface area (Å²) in [5, 5.41) is 1.99. The molecule has 0 radical (unpaired) electrons. The number of methoxy groups -OCH3 is 2. The van der Waals surface area contributed by atoms with Crippen molar-refractivity contribution in [2.75, 3.05) is 20.0 Å². The second-order valence-electron chi connectivity index (χ2n) is 3.61. The lowest BCUT2D eigenvalue weighted by atomic mass is 10.1. The van der Waals surface area contributed by atoms with E-state index in [2.05, 4.69) is 4.98 Å². The van der Waals surface area contributed by atoms with E-state index in [1.165, 1.54) is 11.3 Å². The van der Waals surface area contributed by atoms with Gasteiger partial charge in [-0.05, 0) is 19.1 Å². The van der Waals surface area contributed by atoms with Gasteiger partial charge in [0.1, 0.15) is 10.7 Å². The van der Waals surface area contributed by atoms with Crippen LogP contribution in [0.2, 0.25) is 5.02 Å². The molecule has 0 fully saturated rings. The van der Waals surface area contributed by atoms with Gasteiger partial charge >= 0.3 is 0 Å². The predicted molar refractivity (Wildman–Crippen MR) is 74.8 cm³/mol. The molecule has 18 heavy (non-hydrogen) atoms. The van der Waals surface area contributed by atoms with E-state index in [9.17, 15) is 0 Å². The lowest BCUT2D eigenvalue weighted by molar-refractivity contribution is 0.355. The summed E-state index contributed by atoms with van der Waals surface area (Å²) >= 11 is 7.74. The molecule has 0 bridgehead atoms. The molecule has 4 nitrogen and oxygen atoms in total. The Morgan fingerprint density at radius 2 is 2.00 bits per heavy atom. The quantitative estimate of drug-likeness (QED) is 0.939. The minimum atomic E-state index is 0.453. The Morgan fingerprint density at radius 1 is 1.28 bits per heavy atom. The summed E-state index contributed by atoms with van der Waals surface area (Å²) in [6, 6.07) is 3.61. The average Bonchev–Trinajstić information content (AvgIpc) is 2.67. The summed E-state index contributed by atoms with van der Waals surface area (Å²) < 4.78 is 10.4. The lowest BCUT2D eigenvalue weighted by Gasteiger charge is -2.11. The van der Waals surface area contributed by atoms with Gasteiger partial charge in [-0.2, -0.15) is 0 Å². The smallest absolute Gasteiger partial charge is 0.180 e. The van der Waals surface area contributed by atoms with Crippen LogP contribution in [0.4, 0.5) is 5.00 Å². The minimum Gasteiger partial charge on any atom is -0.493 e. The molecule has 0 aliphatic carbocycles. The van der Waals surface area contributed by atoms with Crippen LogP contribution in [0, 0.1) is 6.92 Å². The summed E-state index contributed by atoms with van der Waals surface area (Å²) in [7, 11) is 3.11. The van der Waals surface area contributed by atoms with Gasteiger partial charge in [-0.1, -0.05) is 11.6 Å². The summed E-state index contributed by atoms with van der Waals surface area (Å²) in [5.41, 5.74) is 7.36. The maximum atomic E-state index is 6.31. The van der Waals surface area contributed by atoms with Crippen LogP contribution in [0.25, 0.3) is 11.3 Å². The minimum absolute atomic E-state index is 0.453. The van der Waals surface area contributed by atoms with Crippen LogP contribution in [0.3, 0.4) is 0 Å². The van der Waals surface area contributed by atoms with Crippen molar-refractivity contribution in [3.05, 3.63) is 22.2 Å². The molecule has 2 rings (SSSR count). The number of hydrogen-bond donors (Lipinski definition) is 1. The molecule has 1 aromatic carbocycles. The number of hydrogen-bond acceptors (Lipinski definition) is 5. The summed E-state index contributed by atoms with van der Waals surface area (Å²) in [6.45, 7) is 1.90. The highest BCUT2D eigenvalue weighted by atomic mass is 35.5. The Kier molecular flexibility index (Phi) is 3.63. The number of aromatic nitrogens is 1. The Balaban J connectivity index is 2.62. The van der Waals surface area contributed by atoms with Crippen LogP contribution in [-0.4, -0.2) is 19.2 Å². The van der Waals surface area contributed by atoms with Crippen LogP contribution in [0.15, 0.2) is 12.1 Å². The molecule has 0 spiro atoms. The van der Waals surface area contributed by atoms with Gasteiger partial charge in [-0.25, -0.2) is 4.98 Å². The number of aryl methyl sites for hydroxylation is 1. The van der Waals surface area contributed by atoms with Gasteiger partial charge in [-0.15, -0.1) is 11.3 Å². The summed E-state index contributed by atoms with van der Waals surface area (Å²) in [4.78, 5) is 4.38. The SMILES string of the molecule is COc1ccc(-c2nc(C)sc2N)c(Cl)c1OC. The van der Waals surface area contributed by atoms with Crippen molar-refractivity contribution < 1.29 is 9.47 Å². The maximum absolute atomic E-state index is 6.31. The monoisotopic (exact) mass is 284 g/mol. The van der Waals surface area contributed by atoms with Gasteiger partial charge in [0.2, 0.25) is 0 Å². The van der Waals surface area contributed by atoms with Crippen molar-refractivity contribution in [3.63, 3.8) is 0 Å². The predicted octanol–water partition coefficient (Wildman–Crippen LogP) is 3.37. The zero-order valence-electron chi connectivity index (χ0n) is 10.3. The molecule has 2 aromatic rings. The van der Waals surface area contributed by atoms with E-state index in [0.717, 1.165) is 10.6 Å². The average molecular weight is 285 g/mol. The second-order valence-corrected chi connectivity index (χ2v) is 5.22. The van der Waals surface area contributed by atoms with Gasteiger partial charge in [0, 0.05) is 5.56 Å². The van der Waals surface area contributed by atoms with Crippen molar-refractivity contribution in [3.8, 4) is 22.8 Å². The molecule has 0 saturated heterocycles. The molecule has 6 heteroatoms. The Hall–Kier alpha value is -1.46. The summed E-state index contributed by atoms with van der Waals surface area (Å²) in [6.07, 6.45) is 0. The first-order valence-electron chi connectivity index (χ1n) is 5.22. The Morgan fingerprint density at radius 3 is 2.50 bits per heavy atom. The fourth-order valence-electron chi connectivity index (χ4n) is 1.71. The molecule has 0 aliphatic rings. The third kappa shape index (κ3) is 2.11. The van der Waals surface area contributed by atoms with Gasteiger partial charge in [0.25, 0.3) is 0 Å². The number of ether oxygens (including phenoxy) is 2. The van der Waals surface area contributed by atoms with E-state index in [4.69, 9.17) is 26.8 Å². The molecule has 2 N–H and O–H groups in total. The third-order valence-electron chi connectivity index (χ3n) is 2.50. The normalized spacial score (nSPS) is 10.4. The van der Waals surface area contributed by atoms with E-state index in [0.29, 0.717) is 27.2 Å². The molecular weight excluding hydrogens is 272 g/mol. The van der Waals surface area contributed by atoms with E-state index in [-0.39, 0.29) is 0 Å². The van der Waals surface area contributed by atoms with E-state index >= 15 is 0 Å². The van der Waals surface area contributed by atoms with Crippen molar-refractivity contribution in [1.29, 1.82) is 0 Å². The van der Waals surface area contributed by atoms with E-state index < -0.39 is 0 Å². The van der Waals surface area contributed by atoms with Crippen LogP contribution >= 0.6 is 22.9 Å². The van der Waals surface area contributed by atoms with Gasteiger partial charge in [0.15, 0.2) is 11.5 Å². The van der Waals surface area contributed by atoms with Crippen molar-refractivity contribution in [2.45, 2.75) is 6.92 Å². The molecule has 0 saturated carbocycles. The number of nitrogens with zero attached hydrogens (tertiary/aromatic N) is 1. The number of thiazole rings is 1. The third-order valence-corrected chi connectivity index (χ3v) is 3.68. The standard InChI is InChI=1S/C12H13ClN2O2S/c1-6-15-10(12(14)18-6)7-4-5-8(16-2)11(17-3)9(7)13/h4-5H,14H2,1-3H3. The topological polar surface area (TPSA) is 57.4 Å². The van der Waals surface area contributed by atoms with Crippen LogP contribution < -0.4 is 15.2 Å². The van der Waals surface area contributed by atoms with Crippen molar-refractivity contribution >= 4 is 27.9 Å². The lowest BCUT2D eigenvalue weighted by Crippen LogP contribution is -1.94. The molecule has 1 aromatic heterocycles. The zero-order chi connectivity index (χ0) is 13.3. The highest BCUT2D eigenvalue weighted by Crippen LogP contribution is 2.43. The number of anilines is 1. The molecule has 0 amide bonds. The zero-order valence-corrected chi connectivity index (χ0v) is 11.9. The van der Waals surface area contributed by atoms with Crippen molar-refractivity contribution in [2.24, 2.45) is 0 Å². The Labute approximate surface area is 114 Å². The molecule has 0 unspecified atom stereocenters. The van der Waals surface area contributed by atoms with E-state index in [1.54, 1.807) is 20.3 Å². The van der Waals surface area contributed by atoms with Crippen LogP contribution in [0.1, 0.15) is 5.01 Å². The van der Waals surface area contributed by atoms with Gasteiger partial charge < -0.3 is 15.2 Å². The number of rotatable bonds is 3. The number of nitrogen functional groups attached to an aromatic ring is 1. The number of halogens is 1. The molecule has 0 atom stereocenters. The van der Waals surface area contributed by atoms with Crippen LogP contribution in [0.5, 0.6) is 11.5 Å². The largest absolute Gasteiger partial charge is 0.493 e. The highest BCUT2D eigenvalue weighted by molar-refractivity contribution is 7.16. The molecule has 96 valence electrons. The first kappa shape index (κ1) is 13.0. The second kappa shape index (κ2) is 5.04. The van der Waals surface area contributed by atoms with Crippen LogP contribution in [-0.2, 0) is 0 Å². The van der Waals surface area contributed by atoms with E-state index in [1.807, 2.05) is 13.0 Å².